The second-order valence-electron chi connectivity index (χ2n) is 5.66. The summed E-state index contributed by atoms with van der Waals surface area (Å²) in [5, 5.41) is 15.7. The molecule has 0 saturated heterocycles. The Labute approximate surface area is 162 Å². The Balaban J connectivity index is 2.12. The third-order valence-electron chi connectivity index (χ3n) is 3.99. The Kier molecular flexibility index (Phi) is 4.47. The Morgan fingerprint density at radius 3 is 2.68 bits per heavy atom. The van der Waals surface area contributed by atoms with Crippen molar-refractivity contribution in [2.45, 2.75) is 6.92 Å². The summed E-state index contributed by atoms with van der Waals surface area (Å²) in [6.45, 7) is 1.78. The average Bonchev–Trinajstić information content (AvgIpc) is 3.37. The number of ether oxygens (including phenoxy) is 1. The Bertz CT molecular complexity index is 1270. The minimum atomic E-state index is -0.765. The summed E-state index contributed by atoms with van der Waals surface area (Å²) in [6.07, 6.45) is 0. The van der Waals surface area contributed by atoms with Crippen molar-refractivity contribution >= 4 is 23.1 Å². The van der Waals surface area contributed by atoms with Gasteiger partial charge in [0.25, 0.3) is 5.56 Å². The normalized spacial score (nSPS) is 10.7. The number of hydrogen-bond acceptors (Lipinski definition) is 7. The molecule has 0 aliphatic heterocycles. The van der Waals surface area contributed by atoms with Crippen molar-refractivity contribution in [2.24, 2.45) is 0 Å². The molecule has 0 spiro atoms. The molecule has 3 heterocycles. The van der Waals surface area contributed by atoms with E-state index in [-0.39, 0.29) is 29.5 Å². The van der Waals surface area contributed by atoms with E-state index in [2.05, 4.69) is 10.1 Å². The molecule has 0 amide bonds. The molecule has 0 radical (unpaired) electrons. The number of esters is 1. The van der Waals surface area contributed by atoms with E-state index in [9.17, 15) is 14.9 Å². The van der Waals surface area contributed by atoms with Crippen LogP contribution in [0.2, 0.25) is 0 Å². The number of nitrogens with zero attached hydrogens (tertiary/aromatic N) is 5. The van der Waals surface area contributed by atoms with Crippen molar-refractivity contribution < 1.29 is 9.53 Å². The van der Waals surface area contributed by atoms with Gasteiger partial charge in [-0.05, 0) is 30.5 Å². The number of thiophene rings is 1. The fourth-order valence-electron chi connectivity index (χ4n) is 2.79. The molecule has 0 aliphatic carbocycles. The van der Waals surface area contributed by atoms with Crippen LogP contribution in [0.4, 0.5) is 0 Å². The van der Waals surface area contributed by atoms with Gasteiger partial charge < -0.3 is 4.74 Å². The highest BCUT2D eigenvalue weighted by Gasteiger charge is 2.25. The maximum Gasteiger partial charge on any atom is 0.376 e. The lowest BCUT2D eigenvalue weighted by Gasteiger charge is -2.05. The maximum absolute atomic E-state index is 13.1. The minimum absolute atomic E-state index is 0.124. The second-order valence-corrected chi connectivity index (χ2v) is 6.60. The molecule has 0 N–H and O–H groups in total. The van der Waals surface area contributed by atoms with Crippen LogP contribution in [0.3, 0.4) is 0 Å². The zero-order chi connectivity index (χ0) is 19.7. The first-order chi connectivity index (χ1) is 13.7. The zero-order valence-electron chi connectivity index (χ0n) is 14.7. The summed E-state index contributed by atoms with van der Waals surface area (Å²) in [4.78, 5) is 30.7. The third kappa shape index (κ3) is 2.76. The monoisotopic (exact) mass is 391 g/mol. The van der Waals surface area contributed by atoms with Gasteiger partial charge >= 0.3 is 5.97 Å². The molecule has 28 heavy (non-hydrogen) atoms. The smallest absolute Gasteiger partial charge is 0.376 e. The van der Waals surface area contributed by atoms with E-state index >= 15 is 0 Å². The van der Waals surface area contributed by atoms with Crippen LogP contribution in [-0.4, -0.2) is 31.7 Å². The van der Waals surface area contributed by atoms with Gasteiger partial charge in [-0.1, -0.05) is 24.3 Å². The molecular weight excluding hydrogens is 378 g/mol. The topological polar surface area (TPSA) is 102 Å². The summed E-state index contributed by atoms with van der Waals surface area (Å²) >= 11 is 1.36. The predicted octanol–water partition coefficient (Wildman–Crippen LogP) is 2.66. The van der Waals surface area contributed by atoms with Crippen LogP contribution in [0, 0.1) is 11.3 Å². The van der Waals surface area contributed by atoms with Gasteiger partial charge in [0.1, 0.15) is 17.3 Å². The van der Waals surface area contributed by atoms with Gasteiger partial charge in [-0.25, -0.2) is 14.2 Å². The first kappa shape index (κ1) is 17.6. The van der Waals surface area contributed by atoms with E-state index in [1.165, 1.54) is 16.0 Å². The largest absolute Gasteiger partial charge is 0.460 e. The molecular formula is C19H13N5O3S. The second kappa shape index (κ2) is 7.09. The predicted molar refractivity (Wildman–Crippen MR) is 103 cm³/mol. The van der Waals surface area contributed by atoms with Crippen molar-refractivity contribution in [3.05, 3.63) is 69.6 Å². The zero-order valence-corrected chi connectivity index (χ0v) is 15.5. The number of rotatable bonds is 4. The maximum atomic E-state index is 13.1. The molecule has 8 nitrogen and oxygen atoms in total. The molecule has 0 aliphatic rings. The number of carbonyl (C=O) groups is 1. The Morgan fingerprint density at radius 2 is 2.04 bits per heavy atom. The first-order valence-corrected chi connectivity index (χ1v) is 9.26. The summed E-state index contributed by atoms with van der Waals surface area (Å²) in [5.41, 5.74) is 0.0542. The summed E-state index contributed by atoms with van der Waals surface area (Å²) in [6, 6.07) is 14.5. The molecule has 3 aromatic heterocycles. The van der Waals surface area contributed by atoms with Crippen molar-refractivity contribution in [3.63, 3.8) is 0 Å². The van der Waals surface area contributed by atoms with Gasteiger partial charge in [0.05, 0.1) is 17.2 Å². The molecule has 1 aromatic carbocycles. The summed E-state index contributed by atoms with van der Waals surface area (Å²) in [5.74, 6) is -0.868. The highest BCUT2D eigenvalue weighted by atomic mass is 32.1. The molecule has 0 bridgehead atoms. The molecule has 4 aromatic rings. The van der Waals surface area contributed by atoms with Crippen LogP contribution >= 0.6 is 11.3 Å². The minimum Gasteiger partial charge on any atom is -0.460 e. The highest BCUT2D eigenvalue weighted by Crippen LogP contribution is 2.25. The molecule has 0 saturated carbocycles. The lowest BCUT2D eigenvalue weighted by atomic mass is 10.2. The van der Waals surface area contributed by atoms with E-state index in [0.29, 0.717) is 10.6 Å². The standard InChI is InChI=1S/C19H13N5O3S/c1-2-27-18(26)16-22-24(12-7-4-3-5-8-12)19-21-15(14-9-6-10-28-14)13(11-20)17(25)23(16)19/h3-10H,2H2,1H3. The fraction of sp³-hybridized carbons (Fsp3) is 0.105. The molecule has 138 valence electrons. The van der Waals surface area contributed by atoms with Crippen LogP contribution in [-0.2, 0) is 4.74 Å². The lowest BCUT2D eigenvalue weighted by Crippen LogP contribution is -2.23. The van der Waals surface area contributed by atoms with Gasteiger partial charge in [0.15, 0.2) is 0 Å². The highest BCUT2D eigenvalue weighted by molar-refractivity contribution is 7.13. The van der Waals surface area contributed by atoms with Gasteiger partial charge in [-0.2, -0.15) is 9.94 Å². The van der Waals surface area contributed by atoms with Crippen LogP contribution in [0.1, 0.15) is 23.1 Å². The SMILES string of the molecule is CCOC(=O)c1nn(-c2ccccc2)c2nc(-c3cccs3)c(C#N)c(=O)n12. The van der Waals surface area contributed by atoms with Gasteiger partial charge in [-0.3, -0.25) is 4.79 Å². The number of carbonyl (C=O) groups excluding carboxylic acids is 1. The van der Waals surface area contributed by atoms with E-state index in [4.69, 9.17) is 4.74 Å². The van der Waals surface area contributed by atoms with Gasteiger partial charge in [0, 0.05) is 0 Å². The number of fused-ring (bicyclic) bond motifs is 1. The van der Waals surface area contributed by atoms with Crippen molar-refractivity contribution in [1.82, 2.24) is 19.2 Å². The molecule has 0 unspecified atom stereocenters. The van der Waals surface area contributed by atoms with E-state index in [1.807, 2.05) is 23.6 Å². The lowest BCUT2D eigenvalue weighted by molar-refractivity contribution is 0.0509. The number of benzene rings is 1. The van der Waals surface area contributed by atoms with E-state index < -0.39 is 11.5 Å². The van der Waals surface area contributed by atoms with E-state index in [0.717, 1.165) is 4.40 Å². The van der Waals surface area contributed by atoms with E-state index in [1.54, 1.807) is 37.3 Å². The van der Waals surface area contributed by atoms with Gasteiger partial charge in [-0.15, -0.1) is 16.4 Å². The number of para-hydroxylation sites is 1. The molecule has 4 rings (SSSR count). The average molecular weight is 391 g/mol. The number of hydrogen-bond donors (Lipinski definition) is 0. The quantitative estimate of drug-likeness (QED) is 0.496. The number of aromatic nitrogens is 4. The fourth-order valence-corrected chi connectivity index (χ4v) is 3.51. The van der Waals surface area contributed by atoms with Crippen molar-refractivity contribution in [2.75, 3.05) is 6.61 Å². The van der Waals surface area contributed by atoms with Crippen molar-refractivity contribution in [1.29, 1.82) is 5.26 Å². The third-order valence-corrected chi connectivity index (χ3v) is 4.86. The van der Waals surface area contributed by atoms with Gasteiger partial charge in [0.2, 0.25) is 11.6 Å². The first-order valence-electron chi connectivity index (χ1n) is 8.38. The summed E-state index contributed by atoms with van der Waals surface area (Å²) < 4.78 is 7.46. The molecule has 9 heteroatoms. The van der Waals surface area contributed by atoms with Crippen molar-refractivity contribution in [3.8, 4) is 22.3 Å². The molecule has 0 atom stereocenters. The Hall–Kier alpha value is -3.77. The summed E-state index contributed by atoms with van der Waals surface area (Å²) in [7, 11) is 0. The number of nitriles is 1. The van der Waals surface area contributed by atoms with Crippen LogP contribution in [0.25, 0.3) is 22.0 Å². The molecule has 0 fully saturated rings. The Morgan fingerprint density at radius 1 is 1.25 bits per heavy atom. The van der Waals surface area contributed by atoms with Crippen LogP contribution in [0.15, 0.2) is 52.6 Å². The van der Waals surface area contributed by atoms with Crippen LogP contribution < -0.4 is 5.56 Å². The van der Waals surface area contributed by atoms with Crippen LogP contribution in [0.5, 0.6) is 0 Å².